The zero-order valence-corrected chi connectivity index (χ0v) is 18.5. The first-order valence-corrected chi connectivity index (χ1v) is 9.57. The number of anilines is 1. The van der Waals surface area contributed by atoms with Crippen molar-refractivity contribution in [1.82, 2.24) is 4.90 Å². The van der Waals surface area contributed by atoms with E-state index < -0.39 is 23.7 Å². The highest BCUT2D eigenvalue weighted by Gasteiger charge is 2.34. The van der Waals surface area contributed by atoms with E-state index in [1.165, 1.54) is 27.4 Å². The molecule has 31 heavy (non-hydrogen) atoms. The number of rotatable bonds is 8. The highest BCUT2D eigenvalue weighted by atomic mass is 35.5. The number of carbonyl (C=O) groups is 1. The number of benzene rings is 2. The Labute approximate surface area is 183 Å². The minimum Gasteiger partial charge on any atom is -0.493 e. The first-order valence-electron chi connectivity index (χ1n) is 9.19. The standard InChI is InChI=1S/C21H24ClF3N2O4/c1-12(20(28)26-16-8-7-14(22)10-15(16)21(23,24)25)27(2)11-13-6-9-17(29-3)19(31-5)18(13)30-4/h6-10,12H,11H2,1-5H3,(H,26,28). The predicted molar refractivity (Wildman–Crippen MR) is 112 cm³/mol. The van der Waals surface area contributed by atoms with Gasteiger partial charge in [0.2, 0.25) is 11.7 Å². The number of alkyl halides is 3. The second-order valence-electron chi connectivity index (χ2n) is 6.76. The van der Waals surface area contributed by atoms with E-state index in [9.17, 15) is 18.0 Å². The third-order valence-corrected chi connectivity index (χ3v) is 5.03. The fourth-order valence-corrected chi connectivity index (χ4v) is 3.16. The number of likely N-dealkylation sites (N-methyl/N-ethyl adjacent to an activating group) is 1. The number of nitrogens with zero attached hydrogens (tertiary/aromatic N) is 1. The van der Waals surface area contributed by atoms with Crippen LogP contribution in [0.15, 0.2) is 30.3 Å². The molecule has 0 aliphatic heterocycles. The Morgan fingerprint density at radius 2 is 1.74 bits per heavy atom. The Balaban J connectivity index is 2.22. The van der Waals surface area contributed by atoms with Crippen molar-refractivity contribution in [2.75, 3.05) is 33.7 Å². The van der Waals surface area contributed by atoms with Crippen LogP contribution in [0.2, 0.25) is 5.02 Å². The topological polar surface area (TPSA) is 60.0 Å². The van der Waals surface area contributed by atoms with Crippen molar-refractivity contribution in [1.29, 1.82) is 0 Å². The van der Waals surface area contributed by atoms with Crippen LogP contribution in [0.1, 0.15) is 18.1 Å². The molecule has 0 aliphatic rings. The van der Waals surface area contributed by atoms with Crippen LogP contribution in [-0.2, 0) is 17.5 Å². The Bertz CT molecular complexity index is 938. The van der Waals surface area contributed by atoms with Crippen LogP contribution in [0, 0.1) is 0 Å². The zero-order chi connectivity index (χ0) is 23.3. The second kappa shape index (κ2) is 10.1. The van der Waals surface area contributed by atoms with E-state index >= 15 is 0 Å². The summed E-state index contributed by atoms with van der Waals surface area (Å²) < 4.78 is 55.9. The average molecular weight is 461 g/mol. The number of halogens is 4. The zero-order valence-electron chi connectivity index (χ0n) is 17.8. The molecular formula is C21H24ClF3N2O4. The van der Waals surface area contributed by atoms with Gasteiger partial charge in [-0.15, -0.1) is 0 Å². The van der Waals surface area contributed by atoms with Crippen LogP contribution in [0.3, 0.4) is 0 Å². The molecule has 170 valence electrons. The van der Waals surface area contributed by atoms with Crippen molar-refractivity contribution in [3.05, 3.63) is 46.5 Å². The van der Waals surface area contributed by atoms with Crippen LogP contribution in [0.5, 0.6) is 17.2 Å². The molecule has 0 fully saturated rings. The number of hydrogen-bond donors (Lipinski definition) is 1. The molecule has 0 saturated carbocycles. The van der Waals surface area contributed by atoms with Gasteiger partial charge in [-0.1, -0.05) is 17.7 Å². The SMILES string of the molecule is COc1ccc(CN(C)C(C)C(=O)Nc2ccc(Cl)cc2C(F)(F)F)c(OC)c1OC. The van der Waals surface area contributed by atoms with E-state index in [0.29, 0.717) is 22.8 Å². The van der Waals surface area contributed by atoms with Gasteiger partial charge in [-0.3, -0.25) is 9.69 Å². The molecule has 0 radical (unpaired) electrons. The fraction of sp³-hybridized carbons (Fsp3) is 0.381. The van der Waals surface area contributed by atoms with Gasteiger partial charge >= 0.3 is 6.18 Å². The molecule has 1 atom stereocenters. The van der Waals surface area contributed by atoms with Gasteiger partial charge in [-0.2, -0.15) is 13.2 Å². The molecule has 2 aromatic carbocycles. The Kier molecular flexibility index (Phi) is 8.02. The number of carbonyl (C=O) groups excluding carboxylic acids is 1. The quantitative estimate of drug-likeness (QED) is 0.610. The van der Waals surface area contributed by atoms with Crippen LogP contribution in [0.4, 0.5) is 18.9 Å². The van der Waals surface area contributed by atoms with Crippen LogP contribution >= 0.6 is 11.6 Å². The molecule has 1 unspecified atom stereocenters. The van der Waals surface area contributed by atoms with Crippen LogP contribution < -0.4 is 19.5 Å². The van der Waals surface area contributed by atoms with Gasteiger partial charge in [0.05, 0.1) is 38.6 Å². The van der Waals surface area contributed by atoms with Gasteiger partial charge in [-0.05, 0) is 38.2 Å². The summed E-state index contributed by atoms with van der Waals surface area (Å²) in [5.74, 6) is 0.732. The number of hydrogen-bond acceptors (Lipinski definition) is 5. The predicted octanol–water partition coefficient (Wildman–Crippen LogP) is 4.84. The monoisotopic (exact) mass is 460 g/mol. The summed E-state index contributed by atoms with van der Waals surface area (Å²) in [6.45, 7) is 1.86. The summed E-state index contributed by atoms with van der Waals surface area (Å²) in [6, 6.07) is 5.91. The van der Waals surface area contributed by atoms with E-state index in [0.717, 1.165) is 12.1 Å². The molecule has 2 rings (SSSR count). The average Bonchev–Trinajstić information content (AvgIpc) is 2.72. The van der Waals surface area contributed by atoms with E-state index in [4.69, 9.17) is 25.8 Å². The van der Waals surface area contributed by atoms with Gasteiger partial charge in [0.15, 0.2) is 11.5 Å². The van der Waals surface area contributed by atoms with Crippen LogP contribution in [-0.4, -0.2) is 45.2 Å². The molecule has 0 aromatic heterocycles. The highest BCUT2D eigenvalue weighted by molar-refractivity contribution is 6.30. The molecule has 0 heterocycles. The van der Waals surface area contributed by atoms with E-state index in [2.05, 4.69) is 5.32 Å². The lowest BCUT2D eigenvalue weighted by molar-refractivity contribution is -0.137. The largest absolute Gasteiger partial charge is 0.493 e. The first kappa shape index (κ1) is 24.6. The number of methoxy groups -OCH3 is 3. The van der Waals surface area contributed by atoms with Gasteiger partial charge in [0.25, 0.3) is 0 Å². The van der Waals surface area contributed by atoms with E-state index in [1.54, 1.807) is 31.0 Å². The summed E-state index contributed by atoms with van der Waals surface area (Å²) in [6.07, 6.45) is -4.66. The minimum absolute atomic E-state index is 0.0731. The lowest BCUT2D eigenvalue weighted by atomic mass is 10.1. The normalized spacial score (nSPS) is 12.5. The summed E-state index contributed by atoms with van der Waals surface area (Å²) in [5, 5.41) is 2.27. The highest BCUT2D eigenvalue weighted by Crippen LogP contribution is 2.40. The Morgan fingerprint density at radius 1 is 1.10 bits per heavy atom. The molecule has 0 spiro atoms. The van der Waals surface area contributed by atoms with Gasteiger partial charge in [-0.25, -0.2) is 0 Å². The summed E-state index contributed by atoms with van der Waals surface area (Å²) in [5.41, 5.74) is -0.652. The maximum Gasteiger partial charge on any atom is 0.418 e. The minimum atomic E-state index is -4.66. The van der Waals surface area contributed by atoms with E-state index in [-0.39, 0.29) is 17.3 Å². The van der Waals surface area contributed by atoms with Gasteiger partial charge in [0.1, 0.15) is 0 Å². The number of ether oxygens (including phenoxy) is 3. The fourth-order valence-electron chi connectivity index (χ4n) is 2.99. The Hall–Kier alpha value is -2.65. The smallest absolute Gasteiger partial charge is 0.418 e. The summed E-state index contributed by atoms with van der Waals surface area (Å²) in [4.78, 5) is 14.3. The molecule has 0 aliphatic carbocycles. The maximum atomic E-state index is 13.3. The molecule has 0 bridgehead atoms. The number of amides is 1. The summed E-state index contributed by atoms with van der Waals surface area (Å²) >= 11 is 5.69. The van der Waals surface area contributed by atoms with Crippen molar-refractivity contribution < 1.29 is 32.2 Å². The van der Waals surface area contributed by atoms with Crippen molar-refractivity contribution in [3.63, 3.8) is 0 Å². The molecular weight excluding hydrogens is 437 g/mol. The van der Waals surface area contributed by atoms with Crippen molar-refractivity contribution in [3.8, 4) is 17.2 Å². The first-order chi connectivity index (χ1) is 14.5. The van der Waals surface area contributed by atoms with Gasteiger partial charge in [0, 0.05) is 17.1 Å². The third kappa shape index (κ3) is 5.74. The summed E-state index contributed by atoms with van der Waals surface area (Å²) in [7, 11) is 6.14. The molecule has 1 N–H and O–H groups in total. The lowest BCUT2D eigenvalue weighted by Gasteiger charge is -2.26. The van der Waals surface area contributed by atoms with Crippen molar-refractivity contribution >= 4 is 23.2 Å². The molecule has 10 heteroatoms. The third-order valence-electron chi connectivity index (χ3n) is 4.79. The van der Waals surface area contributed by atoms with E-state index in [1.807, 2.05) is 0 Å². The lowest BCUT2D eigenvalue weighted by Crippen LogP contribution is -2.39. The molecule has 1 amide bonds. The van der Waals surface area contributed by atoms with Crippen molar-refractivity contribution in [2.24, 2.45) is 0 Å². The second-order valence-corrected chi connectivity index (χ2v) is 7.20. The molecule has 2 aromatic rings. The molecule has 0 saturated heterocycles. The number of nitrogens with one attached hydrogen (secondary N) is 1. The van der Waals surface area contributed by atoms with Gasteiger partial charge < -0.3 is 19.5 Å². The Morgan fingerprint density at radius 3 is 2.29 bits per heavy atom. The maximum absolute atomic E-state index is 13.3. The molecule has 6 nitrogen and oxygen atoms in total. The van der Waals surface area contributed by atoms with Crippen LogP contribution in [0.25, 0.3) is 0 Å². The van der Waals surface area contributed by atoms with Crippen molar-refractivity contribution in [2.45, 2.75) is 25.7 Å².